The van der Waals surface area contributed by atoms with Crippen LogP contribution in [0.3, 0.4) is 0 Å². The number of hydrogen-bond acceptors (Lipinski definition) is 10. The van der Waals surface area contributed by atoms with Gasteiger partial charge < -0.3 is 31.4 Å². The number of benzene rings is 1. The summed E-state index contributed by atoms with van der Waals surface area (Å²) in [7, 11) is 0. The van der Waals surface area contributed by atoms with Crippen LogP contribution in [-0.4, -0.2) is 84.2 Å². The van der Waals surface area contributed by atoms with Gasteiger partial charge in [0.2, 0.25) is 5.82 Å². The molecule has 1 aliphatic rings. The molecule has 13 nitrogen and oxygen atoms in total. The van der Waals surface area contributed by atoms with E-state index >= 15 is 0 Å². The lowest BCUT2D eigenvalue weighted by Gasteiger charge is -2.28. The fraction of sp³-hybridized carbons (Fsp3) is 0.233. The lowest BCUT2D eigenvalue weighted by molar-refractivity contribution is 0.0953. The average molecular weight is 578 g/mol. The van der Waals surface area contributed by atoms with E-state index in [1.165, 1.54) is 16.7 Å². The second kappa shape index (κ2) is 12.8. The molecule has 1 saturated heterocycles. The van der Waals surface area contributed by atoms with Crippen LogP contribution < -0.4 is 16.0 Å². The molecule has 6 N–H and O–H groups in total. The first-order valence-electron chi connectivity index (χ1n) is 13.7. The number of fused-ring (bicyclic) bond motifs is 1. The highest BCUT2D eigenvalue weighted by molar-refractivity contribution is 6.12. The number of para-hydroxylation sites is 1. The normalized spacial score (nSPS) is 15.4. The maximum absolute atomic E-state index is 12.4. The molecule has 0 saturated carbocycles. The van der Waals surface area contributed by atoms with Crippen LogP contribution in [0.2, 0.25) is 0 Å². The second-order valence-electron chi connectivity index (χ2n) is 9.87. The van der Waals surface area contributed by atoms with Crippen molar-refractivity contribution in [2.24, 2.45) is 5.73 Å². The zero-order chi connectivity index (χ0) is 30.3. The molecular weight excluding hydrogens is 546 g/mol. The smallest absolute Gasteiger partial charge is 0.272 e. The van der Waals surface area contributed by atoms with E-state index in [0.717, 1.165) is 6.42 Å². The lowest BCUT2D eigenvalue weighted by Crippen LogP contribution is -2.37. The third kappa shape index (κ3) is 6.76. The number of phenols is 1. The van der Waals surface area contributed by atoms with Gasteiger partial charge in [-0.3, -0.25) is 10.2 Å². The van der Waals surface area contributed by atoms with Gasteiger partial charge in [-0.15, -0.1) is 0 Å². The van der Waals surface area contributed by atoms with Gasteiger partial charge >= 0.3 is 0 Å². The largest absolute Gasteiger partial charge is 0.507 e. The molecular formula is C30H31N11O2. The fourth-order valence-corrected chi connectivity index (χ4v) is 4.74. The van der Waals surface area contributed by atoms with Crippen LogP contribution in [-0.2, 0) is 0 Å². The summed E-state index contributed by atoms with van der Waals surface area (Å²) in [6, 6.07) is 11.9. The quantitative estimate of drug-likeness (QED) is 0.124. The Bertz CT molecular complexity index is 1740. The van der Waals surface area contributed by atoms with Gasteiger partial charge in [0.25, 0.3) is 5.91 Å². The molecule has 218 valence electrons. The fourth-order valence-electron chi connectivity index (χ4n) is 4.74. The summed E-state index contributed by atoms with van der Waals surface area (Å²) in [5.74, 6) is 6.34. The van der Waals surface area contributed by atoms with E-state index in [1.807, 2.05) is 11.0 Å². The van der Waals surface area contributed by atoms with Crippen molar-refractivity contribution in [1.82, 2.24) is 34.8 Å². The van der Waals surface area contributed by atoms with Crippen LogP contribution in [0.25, 0.3) is 5.65 Å². The van der Waals surface area contributed by atoms with Crippen LogP contribution >= 0.6 is 0 Å². The van der Waals surface area contributed by atoms with Gasteiger partial charge in [0.05, 0.1) is 18.0 Å². The van der Waals surface area contributed by atoms with E-state index in [1.54, 1.807) is 48.9 Å². The molecule has 1 atom stereocenters. The molecule has 43 heavy (non-hydrogen) atoms. The van der Waals surface area contributed by atoms with Crippen LogP contribution in [0.4, 0.5) is 5.82 Å². The van der Waals surface area contributed by atoms with E-state index in [2.05, 4.69) is 49.0 Å². The number of nitrogens with zero attached hydrogens (tertiary/aromatic N) is 7. The minimum atomic E-state index is -0.355. The van der Waals surface area contributed by atoms with Crippen LogP contribution in [0.1, 0.15) is 35.2 Å². The van der Waals surface area contributed by atoms with Gasteiger partial charge in [0.1, 0.15) is 17.4 Å². The first-order valence-corrected chi connectivity index (χ1v) is 13.7. The number of carbonyl (C=O) groups is 1. The monoisotopic (exact) mass is 577 g/mol. The number of carbonyl (C=O) groups excluding carboxylic acids is 1. The summed E-state index contributed by atoms with van der Waals surface area (Å²) in [6.45, 7) is 3.95. The van der Waals surface area contributed by atoms with E-state index < -0.39 is 0 Å². The van der Waals surface area contributed by atoms with Gasteiger partial charge in [0.15, 0.2) is 11.3 Å². The number of allylic oxidation sites excluding steroid dienone is 1. The van der Waals surface area contributed by atoms with Crippen LogP contribution in [0, 0.1) is 22.7 Å². The Hall–Kier alpha value is -5.77. The van der Waals surface area contributed by atoms with Crippen molar-refractivity contribution in [3.8, 4) is 17.6 Å². The maximum Gasteiger partial charge on any atom is 0.272 e. The van der Waals surface area contributed by atoms with Crippen LogP contribution in [0.5, 0.6) is 5.75 Å². The molecule has 0 spiro atoms. The Balaban J connectivity index is 1.23. The second-order valence-corrected chi connectivity index (χ2v) is 9.87. The highest BCUT2D eigenvalue weighted by atomic mass is 16.3. The molecule has 1 fully saturated rings. The number of anilines is 1. The Morgan fingerprint density at radius 2 is 2.00 bits per heavy atom. The Morgan fingerprint density at radius 3 is 2.79 bits per heavy atom. The number of hydrogen-bond donors (Lipinski definition) is 5. The Labute approximate surface area is 248 Å². The third-order valence-corrected chi connectivity index (χ3v) is 6.99. The van der Waals surface area contributed by atoms with Crippen molar-refractivity contribution in [1.29, 1.82) is 10.8 Å². The Morgan fingerprint density at radius 1 is 1.16 bits per heavy atom. The van der Waals surface area contributed by atoms with E-state index in [0.29, 0.717) is 48.2 Å². The molecule has 3 aromatic heterocycles. The number of amides is 1. The van der Waals surface area contributed by atoms with E-state index in [-0.39, 0.29) is 41.5 Å². The first kappa shape index (κ1) is 28.7. The number of aromatic hydroxyl groups is 1. The highest BCUT2D eigenvalue weighted by Gasteiger charge is 2.25. The van der Waals surface area contributed by atoms with Gasteiger partial charge in [-0.25, -0.2) is 19.5 Å². The zero-order valence-corrected chi connectivity index (χ0v) is 23.5. The molecule has 1 unspecified atom stereocenters. The summed E-state index contributed by atoms with van der Waals surface area (Å²) in [5, 5.41) is 33.7. The third-order valence-electron chi connectivity index (χ3n) is 6.99. The summed E-state index contributed by atoms with van der Waals surface area (Å²) in [6.07, 6.45) is 7.28. The Kier molecular flexibility index (Phi) is 8.57. The van der Waals surface area contributed by atoms with Crippen molar-refractivity contribution >= 4 is 28.9 Å². The number of rotatable bonds is 7. The number of aromatic nitrogens is 5. The van der Waals surface area contributed by atoms with Crippen molar-refractivity contribution in [3.05, 3.63) is 89.9 Å². The predicted octanol–water partition coefficient (Wildman–Crippen LogP) is 1.79. The number of nitrogens with two attached hydrogens (primary N) is 1. The van der Waals surface area contributed by atoms with Gasteiger partial charge in [0, 0.05) is 55.9 Å². The summed E-state index contributed by atoms with van der Waals surface area (Å²) in [5.41, 5.74) is 7.64. The molecule has 4 heterocycles. The molecule has 1 aromatic carbocycles. The minimum Gasteiger partial charge on any atom is -0.507 e. The summed E-state index contributed by atoms with van der Waals surface area (Å²) in [4.78, 5) is 29.6. The van der Waals surface area contributed by atoms with Crippen LogP contribution in [0.15, 0.2) is 72.8 Å². The molecule has 0 aliphatic carbocycles. The SMILES string of the molecule is CC1CCN(/C(=C/C(=N)c2ccccc2O)C(=N)N)CCN1c1ccnc(C#CCNC(=O)c2cc3ncccn3n2)n1. The van der Waals surface area contributed by atoms with E-state index in [4.69, 9.17) is 16.6 Å². The topological polar surface area (TPSA) is 186 Å². The molecule has 13 heteroatoms. The molecule has 4 aromatic rings. The molecule has 0 radical (unpaired) electrons. The lowest BCUT2D eigenvalue weighted by atomic mass is 10.1. The summed E-state index contributed by atoms with van der Waals surface area (Å²) >= 11 is 0. The highest BCUT2D eigenvalue weighted by Crippen LogP contribution is 2.22. The van der Waals surface area contributed by atoms with Crippen molar-refractivity contribution < 1.29 is 9.90 Å². The molecule has 1 amide bonds. The maximum atomic E-state index is 12.4. The molecule has 5 rings (SSSR count). The first-order chi connectivity index (χ1) is 20.8. The number of phenolic OH excluding ortho intramolecular Hbond substituents is 1. The minimum absolute atomic E-state index is 0.00305. The average Bonchev–Trinajstić information content (AvgIpc) is 3.35. The zero-order valence-electron chi connectivity index (χ0n) is 23.5. The van der Waals surface area contributed by atoms with Gasteiger partial charge in [-0.2, -0.15) is 5.10 Å². The number of nitrogens with one attached hydrogen (secondary N) is 3. The predicted molar refractivity (Wildman–Crippen MR) is 162 cm³/mol. The standard InChI is InChI=1S/C30H31N11O2/c1-20-10-15-39(24(29(32)33)18-22(31)21-6-2-3-7-25(21)42)16-17-40(20)27-9-13-34-26(37-27)8-4-11-36-30(43)23-19-28-35-12-5-14-41(28)38-23/h2-3,5-7,9,12-14,18-20,31,42H,10-11,15-17H2,1H3,(H3,32,33)(H,36,43)/b24-18+,31-22?. The summed E-state index contributed by atoms with van der Waals surface area (Å²) < 4.78 is 1.53. The van der Waals surface area contributed by atoms with E-state index in [9.17, 15) is 9.90 Å². The number of amidine groups is 1. The van der Waals surface area contributed by atoms with Crippen molar-refractivity contribution in [2.45, 2.75) is 19.4 Å². The van der Waals surface area contributed by atoms with Gasteiger partial charge in [-0.05, 0) is 49.6 Å². The van der Waals surface area contributed by atoms with Gasteiger partial charge in [-0.1, -0.05) is 18.1 Å². The van der Waals surface area contributed by atoms with Crippen molar-refractivity contribution in [3.63, 3.8) is 0 Å². The molecule has 0 bridgehead atoms. The van der Waals surface area contributed by atoms with Crippen molar-refractivity contribution in [2.75, 3.05) is 31.1 Å². The molecule has 1 aliphatic heterocycles.